The summed E-state index contributed by atoms with van der Waals surface area (Å²) < 4.78 is 20.0. The summed E-state index contributed by atoms with van der Waals surface area (Å²) in [6.07, 6.45) is 3.17. The molecule has 0 radical (unpaired) electrons. The van der Waals surface area contributed by atoms with Crippen molar-refractivity contribution in [1.29, 1.82) is 0 Å². The van der Waals surface area contributed by atoms with Gasteiger partial charge in [-0.2, -0.15) is 11.8 Å². The van der Waals surface area contributed by atoms with Crippen LogP contribution >= 0.6 is 11.8 Å². The van der Waals surface area contributed by atoms with Gasteiger partial charge in [-0.3, -0.25) is 4.79 Å². The molecule has 2 aliphatic heterocycles. The lowest BCUT2D eigenvalue weighted by molar-refractivity contribution is 0.0441. The monoisotopic (exact) mass is 352 g/mol. The molecule has 4 nitrogen and oxygen atoms in total. The highest BCUT2D eigenvalue weighted by atomic mass is 32.2. The smallest absolute Gasteiger partial charge is 0.254 e. The minimum Gasteiger partial charge on any atom is -0.376 e. The molecule has 2 saturated heterocycles. The van der Waals surface area contributed by atoms with Crippen molar-refractivity contribution in [2.45, 2.75) is 31.4 Å². The first kappa shape index (κ1) is 17.5. The number of hydrogen-bond donors (Lipinski definition) is 0. The Bertz CT molecular complexity index is 584. The predicted octanol–water partition coefficient (Wildman–Crippen LogP) is 3.02. The normalized spacial score (nSPS) is 23.5. The molecule has 0 N–H and O–H groups in total. The summed E-state index contributed by atoms with van der Waals surface area (Å²) in [4.78, 5) is 16.7. The maximum absolute atomic E-state index is 14.3. The summed E-state index contributed by atoms with van der Waals surface area (Å²) >= 11 is 1.88. The third-order valence-electron chi connectivity index (χ3n) is 4.71. The van der Waals surface area contributed by atoms with Crippen LogP contribution in [0.1, 0.15) is 29.6 Å². The van der Waals surface area contributed by atoms with Crippen LogP contribution < -0.4 is 4.90 Å². The van der Waals surface area contributed by atoms with Gasteiger partial charge in [-0.15, -0.1) is 0 Å². The van der Waals surface area contributed by atoms with Crippen molar-refractivity contribution in [3.05, 3.63) is 29.6 Å². The van der Waals surface area contributed by atoms with Gasteiger partial charge < -0.3 is 14.5 Å². The summed E-state index contributed by atoms with van der Waals surface area (Å²) in [5.74, 6) is 1.59. The van der Waals surface area contributed by atoms with Crippen molar-refractivity contribution in [2.24, 2.45) is 0 Å². The maximum Gasteiger partial charge on any atom is 0.254 e. The highest BCUT2D eigenvalue weighted by Crippen LogP contribution is 2.27. The molecule has 2 heterocycles. The molecule has 1 aromatic rings. The summed E-state index contributed by atoms with van der Waals surface area (Å²) in [5, 5.41) is 0. The minimum atomic E-state index is -0.358. The minimum absolute atomic E-state index is 0.0813. The number of benzene rings is 1. The second-order valence-corrected chi connectivity index (χ2v) is 7.82. The lowest BCUT2D eigenvalue weighted by Crippen LogP contribution is -2.44. The van der Waals surface area contributed by atoms with E-state index in [4.69, 9.17) is 4.74 Å². The van der Waals surface area contributed by atoms with Gasteiger partial charge in [-0.05, 0) is 43.2 Å². The fourth-order valence-electron chi connectivity index (χ4n) is 3.34. The van der Waals surface area contributed by atoms with Gasteiger partial charge in [0.25, 0.3) is 5.91 Å². The predicted molar refractivity (Wildman–Crippen MR) is 96.5 cm³/mol. The Morgan fingerprint density at radius 2 is 2.21 bits per heavy atom. The Morgan fingerprint density at radius 3 is 2.79 bits per heavy atom. The van der Waals surface area contributed by atoms with Crippen LogP contribution in [-0.4, -0.2) is 61.7 Å². The van der Waals surface area contributed by atoms with Crippen LogP contribution in [0.25, 0.3) is 0 Å². The average molecular weight is 352 g/mol. The van der Waals surface area contributed by atoms with Crippen molar-refractivity contribution in [1.82, 2.24) is 4.90 Å². The number of anilines is 1. The molecule has 24 heavy (non-hydrogen) atoms. The summed E-state index contributed by atoms with van der Waals surface area (Å²) in [6, 6.07) is 4.99. The average Bonchev–Trinajstić information content (AvgIpc) is 3.25. The van der Waals surface area contributed by atoms with E-state index in [0.717, 1.165) is 37.4 Å². The number of carbonyl (C=O) groups excluding carboxylic acids is 1. The van der Waals surface area contributed by atoms with Crippen LogP contribution in [0.4, 0.5) is 10.1 Å². The molecule has 3 rings (SSSR count). The van der Waals surface area contributed by atoms with E-state index < -0.39 is 0 Å². The Kier molecular flexibility index (Phi) is 5.66. The van der Waals surface area contributed by atoms with E-state index in [2.05, 4.69) is 0 Å². The first-order valence-corrected chi connectivity index (χ1v) is 9.69. The molecule has 132 valence electrons. The van der Waals surface area contributed by atoms with Crippen molar-refractivity contribution >= 4 is 23.4 Å². The molecule has 0 saturated carbocycles. The molecule has 2 aliphatic rings. The van der Waals surface area contributed by atoms with Gasteiger partial charge in [0.15, 0.2) is 0 Å². The number of carbonyl (C=O) groups is 1. The molecule has 0 aromatic heterocycles. The fraction of sp³-hybridized carbons (Fsp3) is 0.611. The van der Waals surface area contributed by atoms with Crippen molar-refractivity contribution < 1.29 is 13.9 Å². The second-order valence-electron chi connectivity index (χ2n) is 6.67. The molecular weight excluding hydrogens is 327 g/mol. The largest absolute Gasteiger partial charge is 0.376 e. The molecule has 2 atom stereocenters. The fourth-order valence-corrected chi connectivity index (χ4v) is 4.57. The van der Waals surface area contributed by atoms with Crippen LogP contribution in [0.2, 0.25) is 0 Å². The number of nitrogens with zero attached hydrogens (tertiary/aromatic N) is 2. The topological polar surface area (TPSA) is 32.8 Å². The maximum atomic E-state index is 14.3. The number of hydrogen-bond acceptors (Lipinski definition) is 4. The quantitative estimate of drug-likeness (QED) is 0.816. The highest BCUT2D eigenvalue weighted by molar-refractivity contribution is 7.99. The molecule has 0 aliphatic carbocycles. The van der Waals surface area contributed by atoms with Crippen LogP contribution in [0, 0.1) is 5.82 Å². The number of rotatable bonds is 5. The van der Waals surface area contributed by atoms with Gasteiger partial charge >= 0.3 is 0 Å². The Hall–Kier alpha value is -1.27. The molecule has 6 heteroatoms. The molecule has 1 aromatic carbocycles. The van der Waals surface area contributed by atoms with Gasteiger partial charge in [0, 0.05) is 44.6 Å². The lowest BCUT2D eigenvalue weighted by atomic mass is 10.1. The zero-order valence-corrected chi connectivity index (χ0v) is 15.2. The number of ether oxygens (including phenoxy) is 1. The number of amides is 1. The zero-order chi connectivity index (χ0) is 17.1. The molecular formula is C18H25FN2O2S. The van der Waals surface area contributed by atoms with Crippen LogP contribution in [0.3, 0.4) is 0 Å². The Balaban J connectivity index is 1.80. The summed E-state index contributed by atoms with van der Waals surface area (Å²) in [5.41, 5.74) is 0.918. The van der Waals surface area contributed by atoms with E-state index in [0.29, 0.717) is 17.8 Å². The molecule has 1 amide bonds. The summed E-state index contributed by atoms with van der Waals surface area (Å²) in [6.45, 7) is 1.39. The van der Waals surface area contributed by atoms with Crippen molar-refractivity contribution in [3.63, 3.8) is 0 Å². The lowest BCUT2D eigenvalue weighted by Gasteiger charge is -2.31. The second kappa shape index (κ2) is 7.74. The van der Waals surface area contributed by atoms with Crippen molar-refractivity contribution in [2.75, 3.05) is 43.7 Å². The van der Waals surface area contributed by atoms with E-state index in [1.165, 1.54) is 6.07 Å². The summed E-state index contributed by atoms with van der Waals surface area (Å²) in [7, 11) is 3.58. The first-order chi connectivity index (χ1) is 11.6. The third kappa shape index (κ3) is 3.86. The van der Waals surface area contributed by atoms with E-state index in [9.17, 15) is 9.18 Å². The molecule has 0 bridgehead atoms. The van der Waals surface area contributed by atoms with Gasteiger partial charge in [-0.1, -0.05) is 0 Å². The van der Waals surface area contributed by atoms with Gasteiger partial charge in [0.1, 0.15) is 5.82 Å². The molecule has 0 spiro atoms. The van der Waals surface area contributed by atoms with Gasteiger partial charge in [0.2, 0.25) is 0 Å². The Morgan fingerprint density at radius 1 is 1.38 bits per heavy atom. The van der Waals surface area contributed by atoms with Crippen LogP contribution in [0.5, 0.6) is 0 Å². The molecule has 2 fully saturated rings. The first-order valence-electron chi connectivity index (χ1n) is 8.53. The van der Waals surface area contributed by atoms with Crippen LogP contribution in [-0.2, 0) is 4.74 Å². The van der Waals surface area contributed by atoms with Crippen molar-refractivity contribution in [3.8, 4) is 0 Å². The van der Waals surface area contributed by atoms with E-state index in [1.807, 2.05) is 16.7 Å². The standard InChI is InChI=1S/C18H25FN2O2S/c1-20(2)17-6-5-13(10-16(17)19)18(22)21(14-7-9-24-12-14)11-15-4-3-8-23-15/h5-6,10,14-15H,3-4,7-9,11-12H2,1-2H3/t14-,15+/m0/s1. The number of halogens is 1. The van der Waals surface area contributed by atoms with Gasteiger partial charge in [-0.25, -0.2) is 4.39 Å². The SMILES string of the molecule is CN(C)c1ccc(C(=O)N(C[C@H]2CCCO2)[C@H]2CCSC2)cc1F. The van der Waals surface area contributed by atoms with Gasteiger partial charge in [0.05, 0.1) is 11.8 Å². The van der Waals surface area contributed by atoms with E-state index >= 15 is 0 Å². The van der Waals surface area contributed by atoms with E-state index in [1.54, 1.807) is 31.1 Å². The van der Waals surface area contributed by atoms with Crippen LogP contribution in [0.15, 0.2) is 18.2 Å². The number of thioether (sulfide) groups is 1. The zero-order valence-electron chi connectivity index (χ0n) is 14.3. The molecule has 0 unspecified atom stereocenters. The highest BCUT2D eigenvalue weighted by Gasteiger charge is 2.31. The Labute approximate surface area is 147 Å². The van der Waals surface area contributed by atoms with E-state index in [-0.39, 0.29) is 23.9 Å². The third-order valence-corrected chi connectivity index (χ3v) is 5.85.